The molecule has 0 saturated carbocycles. The van der Waals surface area contributed by atoms with Crippen LogP contribution < -0.4 is 5.32 Å². The Bertz CT molecular complexity index is 265. The van der Waals surface area contributed by atoms with Crippen LogP contribution in [-0.4, -0.2) is 17.3 Å². The first-order valence-electron chi connectivity index (χ1n) is 6.14. The van der Waals surface area contributed by atoms with Gasteiger partial charge in [-0.05, 0) is 24.3 Å². The summed E-state index contributed by atoms with van der Waals surface area (Å²) in [7, 11) is 0. The zero-order valence-electron chi connectivity index (χ0n) is 10.3. The van der Waals surface area contributed by atoms with Gasteiger partial charge >= 0.3 is 0 Å². The summed E-state index contributed by atoms with van der Waals surface area (Å²) >= 11 is 1.77. The highest BCUT2D eigenvalue weighted by Crippen LogP contribution is 2.20. The number of aliphatic hydroxyl groups excluding tert-OH is 1. The lowest BCUT2D eigenvalue weighted by molar-refractivity contribution is 0.139. The highest BCUT2D eigenvalue weighted by molar-refractivity contribution is 7.09. The molecule has 0 atom stereocenters. The topological polar surface area (TPSA) is 32.3 Å². The first kappa shape index (κ1) is 13.7. The third-order valence-electron chi connectivity index (χ3n) is 2.98. The van der Waals surface area contributed by atoms with Crippen LogP contribution in [0, 0.1) is 0 Å². The fourth-order valence-corrected chi connectivity index (χ4v) is 2.81. The lowest BCUT2D eigenvalue weighted by Crippen LogP contribution is -2.47. The molecular weight excluding hydrogens is 218 g/mol. The molecule has 3 heteroatoms. The van der Waals surface area contributed by atoms with Crippen LogP contribution in [0.1, 0.15) is 44.4 Å². The second kappa shape index (κ2) is 7.05. The number of rotatable bonds is 8. The van der Waals surface area contributed by atoms with Gasteiger partial charge < -0.3 is 10.4 Å². The Hall–Kier alpha value is -0.380. The first-order valence-corrected chi connectivity index (χ1v) is 7.02. The van der Waals surface area contributed by atoms with Gasteiger partial charge in [0.05, 0.1) is 6.61 Å². The average molecular weight is 241 g/mol. The molecule has 0 saturated heterocycles. The molecule has 1 aromatic rings. The van der Waals surface area contributed by atoms with E-state index < -0.39 is 0 Å². The summed E-state index contributed by atoms with van der Waals surface area (Å²) in [5, 5.41) is 15.3. The molecule has 0 spiro atoms. The van der Waals surface area contributed by atoms with Crippen molar-refractivity contribution in [3.05, 3.63) is 22.4 Å². The summed E-state index contributed by atoms with van der Waals surface area (Å²) in [6.07, 6.45) is 4.31. The number of thiophene rings is 1. The Kier molecular flexibility index (Phi) is 6.03. The zero-order chi connectivity index (χ0) is 11.9. The predicted octanol–water partition coefficient (Wildman–Crippen LogP) is 3.17. The van der Waals surface area contributed by atoms with E-state index in [1.807, 2.05) is 0 Å². The molecule has 1 rings (SSSR count). The molecule has 0 aliphatic heterocycles. The summed E-state index contributed by atoms with van der Waals surface area (Å²) in [6, 6.07) is 4.21. The van der Waals surface area contributed by atoms with Gasteiger partial charge in [0.15, 0.2) is 0 Å². The Morgan fingerprint density at radius 1 is 1.31 bits per heavy atom. The summed E-state index contributed by atoms with van der Waals surface area (Å²) < 4.78 is 0. The number of hydrogen-bond acceptors (Lipinski definition) is 3. The van der Waals surface area contributed by atoms with Gasteiger partial charge in [0.2, 0.25) is 0 Å². The summed E-state index contributed by atoms with van der Waals surface area (Å²) in [6.45, 7) is 5.46. The lowest BCUT2D eigenvalue weighted by atomic mass is 9.89. The number of hydrogen-bond donors (Lipinski definition) is 2. The van der Waals surface area contributed by atoms with Gasteiger partial charge in [-0.3, -0.25) is 0 Å². The van der Waals surface area contributed by atoms with Crippen LogP contribution in [-0.2, 0) is 6.54 Å². The van der Waals surface area contributed by atoms with Gasteiger partial charge in [-0.25, -0.2) is 0 Å². The van der Waals surface area contributed by atoms with E-state index in [-0.39, 0.29) is 12.1 Å². The van der Waals surface area contributed by atoms with E-state index in [4.69, 9.17) is 0 Å². The minimum atomic E-state index is -0.0759. The zero-order valence-corrected chi connectivity index (χ0v) is 11.1. The molecule has 0 bridgehead atoms. The first-order chi connectivity index (χ1) is 7.76. The molecule has 0 aromatic carbocycles. The van der Waals surface area contributed by atoms with Crippen molar-refractivity contribution in [2.75, 3.05) is 6.61 Å². The maximum absolute atomic E-state index is 9.61. The van der Waals surface area contributed by atoms with Crippen molar-refractivity contribution in [1.82, 2.24) is 5.32 Å². The molecule has 1 aromatic heterocycles. The average Bonchev–Trinajstić information content (AvgIpc) is 2.79. The van der Waals surface area contributed by atoms with Crippen LogP contribution >= 0.6 is 11.3 Å². The van der Waals surface area contributed by atoms with Crippen molar-refractivity contribution in [1.29, 1.82) is 0 Å². The van der Waals surface area contributed by atoms with Gasteiger partial charge in [0.25, 0.3) is 0 Å². The van der Waals surface area contributed by atoms with Crippen molar-refractivity contribution < 1.29 is 5.11 Å². The van der Waals surface area contributed by atoms with E-state index in [1.54, 1.807) is 11.3 Å². The quantitative estimate of drug-likeness (QED) is 0.732. The summed E-state index contributed by atoms with van der Waals surface area (Å²) in [4.78, 5) is 1.34. The van der Waals surface area contributed by atoms with Crippen molar-refractivity contribution >= 4 is 11.3 Å². The fourth-order valence-electron chi connectivity index (χ4n) is 2.16. The Balaban J connectivity index is 2.54. The highest BCUT2D eigenvalue weighted by Gasteiger charge is 2.26. The normalized spacial score (nSPS) is 11.9. The minimum absolute atomic E-state index is 0.0759. The fraction of sp³-hybridized carbons (Fsp3) is 0.692. The summed E-state index contributed by atoms with van der Waals surface area (Å²) in [5.74, 6) is 0. The van der Waals surface area contributed by atoms with Crippen LogP contribution in [0.25, 0.3) is 0 Å². The minimum Gasteiger partial charge on any atom is -0.394 e. The van der Waals surface area contributed by atoms with Gasteiger partial charge in [0, 0.05) is 17.0 Å². The maximum Gasteiger partial charge on any atom is 0.0613 e. The molecule has 2 nitrogen and oxygen atoms in total. The molecular formula is C13H23NOS. The third kappa shape index (κ3) is 3.89. The number of nitrogens with one attached hydrogen (secondary N) is 1. The van der Waals surface area contributed by atoms with Crippen molar-refractivity contribution in [3.63, 3.8) is 0 Å². The second-order valence-corrected chi connectivity index (χ2v) is 5.40. The van der Waals surface area contributed by atoms with E-state index in [0.29, 0.717) is 0 Å². The standard InChI is InChI=1S/C13H23NOS/c1-3-7-13(11-15,8-4-2)14-10-12-6-5-9-16-12/h5-6,9,14-15H,3-4,7-8,10-11H2,1-2H3. The van der Waals surface area contributed by atoms with Gasteiger partial charge in [-0.2, -0.15) is 0 Å². The highest BCUT2D eigenvalue weighted by atomic mass is 32.1. The van der Waals surface area contributed by atoms with Crippen LogP contribution in [0.15, 0.2) is 17.5 Å². The molecule has 16 heavy (non-hydrogen) atoms. The Morgan fingerprint density at radius 3 is 2.44 bits per heavy atom. The van der Waals surface area contributed by atoms with Crippen molar-refractivity contribution in [2.24, 2.45) is 0 Å². The third-order valence-corrected chi connectivity index (χ3v) is 3.85. The molecule has 0 unspecified atom stereocenters. The van der Waals surface area contributed by atoms with Crippen LogP contribution in [0.5, 0.6) is 0 Å². The van der Waals surface area contributed by atoms with E-state index >= 15 is 0 Å². The molecule has 0 aliphatic rings. The number of aliphatic hydroxyl groups is 1. The van der Waals surface area contributed by atoms with Gasteiger partial charge in [-0.15, -0.1) is 11.3 Å². The smallest absolute Gasteiger partial charge is 0.0613 e. The lowest BCUT2D eigenvalue weighted by Gasteiger charge is -2.32. The second-order valence-electron chi connectivity index (χ2n) is 4.37. The SMILES string of the molecule is CCCC(CO)(CCC)NCc1cccs1. The largest absolute Gasteiger partial charge is 0.394 e. The van der Waals surface area contributed by atoms with Crippen LogP contribution in [0.2, 0.25) is 0 Å². The van der Waals surface area contributed by atoms with Crippen molar-refractivity contribution in [3.8, 4) is 0 Å². The maximum atomic E-state index is 9.61. The van der Waals surface area contributed by atoms with E-state index in [2.05, 4.69) is 36.7 Å². The predicted molar refractivity (Wildman–Crippen MR) is 70.8 cm³/mol. The Labute approximate surface area is 103 Å². The van der Waals surface area contributed by atoms with Gasteiger partial charge in [-0.1, -0.05) is 32.8 Å². The molecule has 0 aliphatic carbocycles. The van der Waals surface area contributed by atoms with Crippen LogP contribution in [0.3, 0.4) is 0 Å². The monoisotopic (exact) mass is 241 g/mol. The molecule has 0 fully saturated rings. The molecule has 0 amide bonds. The molecule has 0 radical (unpaired) electrons. The van der Waals surface area contributed by atoms with E-state index in [1.165, 1.54) is 4.88 Å². The molecule has 1 heterocycles. The van der Waals surface area contributed by atoms with E-state index in [0.717, 1.165) is 32.2 Å². The molecule has 2 N–H and O–H groups in total. The van der Waals surface area contributed by atoms with Crippen LogP contribution in [0.4, 0.5) is 0 Å². The molecule has 92 valence electrons. The summed E-state index contributed by atoms with van der Waals surface area (Å²) in [5.41, 5.74) is -0.0759. The Morgan fingerprint density at radius 2 is 2.00 bits per heavy atom. The van der Waals surface area contributed by atoms with E-state index in [9.17, 15) is 5.11 Å². The van der Waals surface area contributed by atoms with Gasteiger partial charge in [0.1, 0.15) is 0 Å². The van der Waals surface area contributed by atoms with Crippen molar-refractivity contribution in [2.45, 2.75) is 51.6 Å².